The highest BCUT2D eigenvalue weighted by molar-refractivity contribution is 5.79. The quantitative estimate of drug-likeness (QED) is 0.532. The molecule has 3 heterocycles. The molecule has 28 heavy (non-hydrogen) atoms. The molecule has 0 saturated carbocycles. The highest BCUT2D eigenvalue weighted by atomic mass is 16.5. The first-order chi connectivity index (χ1) is 13.6. The third kappa shape index (κ3) is 3.71. The lowest BCUT2D eigenvalue weighted by molar-refractivity contribution is 0.393. The molecule has 1 aromatic carbocycles. The van der Waals surface area contributed by atoms with E-state index < -0.39 is 0 Å². The van der Waals surface area contributed by atoms with Crippen LogP contribution in [0.15, 0.2) is 42.9 Å². The molecule has 0 aliphatic heterocycles. The van der Waals surface area contributed by atoms with Gasteiger partial charge in [-0.2, -0.15) is 0 Å². The molecule has 8 nitrogen and oxygen atoms in total. The van der Waals surface area contributed by atoms with Crippen LogP contribution >= 0.6 is 0 Å². The van der Waals surface area contributed by atoms with Crippen molar-refractivity contribution in [3.63, 3.8) is 0 Å². The molecule has 4 rings (SSSR count). The first-order valence-corrected chi connectivity index (χ1v) is 8.79. The number of nitrogens with one attached hydrogen (secondary N) is 1. The van der Waals surface area contributed by atoms with Crippen LogP contribution in [0.3, 0.4) is 0 Å². The van der Waals surface area contributed by atoms with Crippen LogP contribution in [0, 0.1) is 0 Å². The van der Waals surface area contributed by atoms with Crippen LogP contribution in [-0.2, 0) is 12.8 Å². The molecule has 8 heteroatoms. The fourth-order valence-electron chi connectivity index (χ4n) is 2.98. The number of ether oxygens (including phenoxy) is 2. The Morgan fingerprint density at radius 2 is 1.61 bits per heavy atom. The Bertz CT molecular complexity index is 1090. The molecule has 3 aromatic heterocycles. The molecular formula is C20H20N6O2. The number of H-pyrrole nitrogens is 1. The van der Waals surface area contributed by atoms with Gasteiger partial charge in [0.2, 0.25) is 5.95 Å². The first kappa shape index (κ1) is 17.7. The van der Waals surface area contributed by atoms with E-state index in [1.165, 1.54) is 0 Å². The summed E-state index contributed by atoms with van der Waals surface area (Å²) < 4.78 is 10.7. The average Bonchev–Trinajstić information content (AvgIpc) is 3.15. The van der Waals surface area contributed by atoms with Gasteiger partial charge in [0, 0.05) is 24.0 Å². The number of methoxy groups -OCH3 is 2. The average molecular weight is 376 g/mol. The van der Waals surface area contributed by atoms with E-state index in [4.69, 9.17) is 20.2 Å². The van der Waals surface area contributed by atoms with Gasteiger partial charge in [0.1, 0.15) is 17.0 Å². The number of aromatic amines is 1. The molecule has 142 valence electrons. The summed E-state index contributed by atoms with van der Waals surface area (Å²) in [6.07, 6.45) is 6.69. The number of nitrogens with zero attached hydrogens (tertiary/aromatic N) is 4. The van der Waals surface area contributed by atoms with Crippen molar-refractivity contribution < 1.29 is 9.47 Å². The van der Waals surface area contributed by atoms with Gasteiger partial charge in [0.15, 0.2) is 5.65 Å². The Labute approximate surface area is 161 Å². The van der Waals surface area contributed by atoms with Crippen molar-refractivity contribution in [1.29, 1.82) is 0 Å². The molecule has 0 bridgehead atoms. The summed E-state index contributed by atoms with van der Waals surface area (Å²) in [5.74, 6) is 1.79. The Morgan fingerprint density at radius 3 is 2.29 bits per heavy atom. The van der Waals surface area contributed by atoms with Gasteiger partial charge < -0.3 is 20.2 Å². The fourth-order valence-corrected chi connectivity index (χ4v) is 2.98. The number of benzene rings is 1. The monoisotopic (exact) mass is 376 g/mol. The maximum atomic E-state index is 5.54. The van der Waals surface area contributed by atoms with Crippen molar-refractivity contribution in [2.24, 2.45) is 0 Å². The molecule has 0 aliphatic rings. The van der Waals surface area contributed by atoms with Crippen molar-refractivity contribution in [1.82, 2.24) is 24.9 Å². The highest BCUT2D eigenvalue weighted by Crippen LogP contribution is 2.24. The summed E-state index contributed by atoms with van der Waals surface area (Å²) in [4.78, 5) is 20.5. The number of aromatic nitrogens is 5. The summed E-state index contributed by atoms with van der Waals surface area (Å²) in [7, 11) is 3.29. The summed E-state index contributed by atoms with van der Waals surface area (Å²) in [5, 5.41) is 0. The lowest BCUT2D eigenvalue weighted by Crippen LogP contribution is -1.97. The Balaban J connectivity index is 1.54. The van der Waals surface area contributed by atoms with Crippen LogP contribution in [0.25, 0.3) is 22.4 Å². The van der Waals surface area contributed by atoms with E-state index in [1.807, 2.05) is 24.3 Å². The van der Waals surface area contributed by atoms with Crippen molar-refractivity contribution in [3.05, 3.63) is 54.1 Å². The Kier molecular flexibility index (Phi) is 4.76. The van der Waals surface area contributed by atoms with Crippen LogP contribution in [0.2, 0.25) is 0 Å². The summed E-state index contributed by atoms with van der Waals surface area (Å²) >= 11 is 0. The van der Waals surface area contributed by atoms with Gasteiger partial charge in [0.25, 0.3) is 0 Å². The maximum absolute atomic E-state index is 5.54. The molecule has 0 saturated heterocycles. The van der Waals surface area contributed by atoms with Gasteiger partial charge in [-0.1, -0.05) is 0 Å². The summed E-state index contributed by atoms with van der Waals surface area (Å²) in [6, 6.07) is 7.81. The van der Waals surface area contributed by atoms with Gasteiger partial charge in [-0.15, -0.1) is 0 Å². The number of nitrogen functional groups attached to an aromatic ring is 1. The number of rotatable bonds is 6. The Hall–Kier alpha value is -3.68. The maximum Gasteiger partial charge on any atom is 0.219 e. The minimum Gasteiger partial charge on any atom is -0.497 e. The second kappa shape index (κ2) is 7.51. The molecular weight excluding hydrogens is 356 g/mol. The lowest BCUT2D eigenvalue weighted by Gasteiger charge is -2.08. The third-order valence-corrected chi connectivity index (χ3v) is 4.45. The number of anilines is 1. The molecule has 0 amide bonds. The minimum atomic E-state index is 0.243. The standard InChI is InChI=1S/C20H20N6O2/c1-27-15-5-12(6-16(7-15)28-2)3-4-14-11-22-19-18(25-14)8-17(26-19)13-9-23-20(21)24-10-13/h5-11H,3-4H2,1-2H3,(H,22,26)(H2,21,23,24). The molecule has 0 unspecified atom stereocenters. The number of nitrogens with two attached hydrogens (primary N) is 1. The van der Waals surface area contributed by atoms with E-state index >= 15 is 0 Å². The molecule has 4 aromatic rings. The molecule has 3 N–H and O–H groups in total. The molecule has 0 atom stereocenters. The second-order valence-electron chi connectivity index (χ2n) is 6.33. The summed E-state index contributed by atoms with van der Waals surface area (Å²) in [6.45, 7) is 0. The lowest BCUT2D eigenvalue weighted by atomic mass is 10.1. The zero-order valence-corrected chi connectivity index (χ0v) is 15.6. The molecule has 0 spiro atoms. The number of aryl methyl sites for hydroxylation is 2. The van der Waals surface area contributed by atoms with Crippen molar-refractivity contribution >= 4 is 17.1 Å². The SMILES string of the molecule is COc1cc(CCc2cnc3[nH]c(-c4cnc(N)nc4)cc3n2)cc(OC)c1. The van der Waals surface area contributed by atoms with Gasteiger partial charge in [-0.05, 0) is 36.6 Å². The zero-order valence-electron chi connectivity index (χ0n) is 15.6. The van der Waals surface area contributed by atoms with E-state index in [0.717, 1.165) is 58.0 Å². The van der Waals surface area contributed by atoms with Crippen molar-refractivity contribution in [2.75, 3.05) is 20.0 Å². The molecule has 0 radical (unpaired) electrons. The van der Waals surface area contributed by atoms with Crippen LogP contribution in [-0.4, -0.2) is 39.1 Å². The number of fused-ring (bicyclic) bond motifs is 1. The van der Waals surface area contributed by atoms with Crippen molar-refractivity contribution in [3.8, 4) is 22.8 Å². The second-order valence-corrected chi connectivity index (χ2v) is 6.33. The van der Waals surface area contributed by atoms with Gasteiger partial charge in [-0.25, -0.2) is 19.9 Å². The van der Waals surface area contributed by atoms with Gasteiger partial charge in [0.05, 0.1) is 31.8 Å². The van der Waals surface area contributed by atoms with Crippen LogP contribution in [0.4, 0.5) is 5.95 Å². The predicted molar refractivity (Wildman–Crippen MR) is 106 cm³/mol. The topological polar surface area (TPSA) is 112 Å². The predicted octanol–water partition coefficient (Wildman–Crippen LogP) is 2.80. The fraction of sp³-hybridized carbons (Fsp3) is 0.200. The van der Waals surface area contributed by atoms with E-state index in [2.05, 4.69) is 19.9 Å². The van der Waals surface area contributed by atoms with Gasteiger partial charge >= 0.3 is 0 Å². The van der Waals surface area contributed by atoms with Crippen LogP contribution in [0.1, 0.15) is 11.3 Å². The zero-order chi connectivity index (χ0) is 19.5. The first-order valence-electron chi connectivity index (χ1n) is 8.79. The smallest absolute Gasteiger partial charge is 0.219 e. The van der Waals surface area contributed by atoms with Gasteiger partial charge in [-0.3, -0.25) is 0 Å². The summed E-state index contributed by atoms with van der Waals surface area (Å²) in [5.41, 5.74) is 10.8. The normalized spacial score (nSPS) is 10.9. The van der Waals surface area contributed by atoms with E-state index in [1.54, 1.807) is 32.8 Å². The van der Waals surface area contributed by atoms with Crippen molar-refractivity contribution in [2.45, 2.75) is 12.8 Å². The number of hydrogen-bond donors (Lipinski definition) is 2. The van der Waals surface area contributed by atoms with E-state index in [0.29, 0.717) is 0 Å². The van der Waals surface area contributed by atoms with Crippen LogP contribution < -0.4 is 15.2 Å². The van der Waals surface area contributed by atoms with E-state index in [9.17, 15) is 0 Å². The Morgan fingerprint density at radius 1 is 0.893 bits per heavy atom. The van der Waals surface area contributed by atoms with Crippen LogP contribution in [0.5, 0.6) is 11.5 Å². The highest BCUT2D eigenvalue weighted by Gasteiger charge is 2.09. The van der Waals surface area contributed by atoms with E-state index in [-0.39, 0.29) is 5.95 Å². The molecule has 0 fully saturated rings. The molecule has 0 aliphatic carbocycles. The third-order valence-electron chi connectivity index (χ3n) is 4.45. The number of hydrogen-bond acceptors (Lipinski definition) is 7. The largest absolute Gasteiger partial charge is 0.497 e. The minimum absolute atomic E-state index is 0.243.